The molecular formula is C17H29NO. The van der Waals surface area contributed by atoms with Gasteiger partial charge in [0.05, 0.1) is 6.04 Å². The molecule has 4 saturated carbocycles. The van der Waals surface area contributed by atoms with Gasteiger partial charge in [0.1, 0.15) is 0 Å². The number of carbonyl (C=O) groups excluding carboxylic acids is 1. The molecule has 0 radical (unpaired) electrons. The first-order valence-corrected chi connectivity index (χ1v) is 8.36. The van der Waals surface area contributed by atoms with E-state index in [0.29, 0.717) is 5.78 Å². The molecule has 0 N–H and O–H groups in total. The lowest BCUT2D eigenvalue weighted by Gasteiger charge is -2.56. The van der Waals surface area contributed by atoms with Crippen LogP contribution in [-0.2, 0) is 4.79 Å². The quantitative estimate of drug-likeness (QED) is 0.756. The summed E-state index contributed by atoms with van der Waals surface area (Å²) < 4.78 is 0. The molecule has 0 aromatic carbocycles. The normalized spacial score (nSPS) is 41.8. The number of likely N-dealkylation sites (N-methyl/N-ethyl adjacent to an activating group) is 1. The minimum Gasteiger partial charge on any atom is -0.297 e. The predicted octanol–water partition coefficient (Wildman–Crippen LogP) is 3.50. The van der Waals surface area contributed by atoms with Crippen LogP contribution in [0.25, 0.3) is 0 Å². The van der Waals surface area contributed by atoms with E-state index >= 15 is 0 Å². The van der Waals surface area contributed by atoms with Crippen molar-refractivity contribution in [3.05, 3.63) is 0 Å². The van der Waals surface area contributed by atoms with E-state index < -0.39 is 0 Å². The molecule has 4 bridgehead atoms. The minimum atomic E-state index is 0.0801. The maximum atomic E-state index is 13.1. The molecule has 0 saturated heterocycles. The van der Waals surface area contributed by atoms with E-state index in [9.17, 15) is 4.79 Å². The average molecular weight is 263 g/mol. The van der Waals surface area contributed by atoms with Crippen LogP contribution in [0.15, 0.2) is 0 Å². The van der Waals surface area contributed by atoms with Crippen LogP contribution in [0.5, 0.6) is 0 Å². The zero-order valence-corrected chi connectivity index (χ0v) is 12.8. The summed E-state index contributed by atoms with van der Waals surface area (Å²) in [6.45, 7) is 8.49. The fourth-order valence-electron chi connectivity index (χ4n) is 5.79. The van der Waals surface area contributed by atoms with Crippen molar-refractivity contribution in [2.75, 3.05) is 13.1 Å². The summed E-state index contributed by atoms with van der Waals surface area (Å²) in [4.78, 5) is 15.4. The summed E-state index contributed by atoms with van der Waals surface area (Å²) in [6, 6.07) is 0.131. The number of rotatable bonds is 5. The van der Waals surface area contributed by atoms with Crippen LogP contribution in [-0.4, -0.2) is 29.8 Å². The smallest absolute Gasteiger partial charge is 0.155 e. The van der Waals surface area contributed by atoms with Gasteiger partial charge in [-0.1, -0.05) is 13.8 Å². The van der Waals surface area contributed by atoms with Crippen molar-refractivity contribution in [3.63, 3.8) is 0 Å². The molecule has 1 atom stereocenters. The Hall–Kier alpha value is -0.370. The summed E-state index contributed by atoms with van der Waals surface area (Å²) >= 11 is 0. The largest absolute Gasteiger partial charge is 0.297 e. The Kier molecular flexibility index (Phi) is 3.49. The Labute approximate surface area is 117 Å². The molecule has 4 aliphatic carbocycles. The lowest BCUT2D eigenvalue weighted by atomic mass is 9.48. The van der Waals surface area contributed by atoms with E-state index in [1.807, 2.05) is 0 Å². The molecule has 4 aliphatic rings. The fourth-order valence-corrected chi connectivity index (χ4v) is 5.79. The third kappa shape index (κ3) is 2.16. The molecule has 0 aromatic rings. The number of ketones is 1. The second-order valence-electron chi connectivity index (χ2n) is 7.46. The van der Waals surface area contributed by atoms with Gasteiger partial charge in [0.25, 0.3) is 0 Å². The highest BCUT2D eigenvalue weighted by Gasteiger charge is 2.55. The summed E-state index contributed by atoms with van der Waals surface area (Å²) in [5.41, 5.74) is 0.0801. The van der Waals surface area contributed by atoms with E-state index in [0.717, 1.165) is 30.8 Å². The van der Waals surface area contributed by atoms with Crippen LogP contribution in [0.1, 0.15) is 59.3 Å². The number of Topliss-reactive ketones (excluding diaryl/α,β-unsaturated/α-hetero) is 1. The van der Waals surface area contributed by atoms with Gasteiger partial charge < -0.3 is 0 Å². The molecule has 4 fully saturated rings. The third-order valence-electron chi connectivity index (χ3n) is 6.30. The van der Waals surface area contributed by atoms with E-state index in [1.54, 1.807) is 0 Å². The Balaban J connectivity index is 1.79. The van der Waals surface area contributed by atoms with Crippen LogP contribution in [0.2, 0.25) is 0 Å². The second kappa shape index (κ2) is 4.87. The lowest BCUT2D eigenvalue weighted by Crippen LogP contribution is -2.55. The predicted molar refractivity (Wildman–Crippen MR) is 78.0 cm³/mol. The van der Waals surface area contributed by atoms with Crippen LogP contribution >= 0.6 is 0 Å². The topological polar surface area (TPSA) is 20.3 Å². The van der Waals surface area contributed by atoms with Gasteiger partial charge in [-0.3, -0.25) is 9.69 Å². The number of hydrogen-bond donors (Lipinski definition) is 0. The maximum Gasteiger partial charge on any atom is 0.155 e. The van der Waals surface area contributed by atoms with Gasteiger partial charge in [-0.15, -0.1) is 0 Å². The maximum absolute atomic E-state index is 13.1. The molecule has 0 amide bonds. The number of hydrogen-bond acceptors (Lipinski definition) is 2. The van der Waals surface area contributed by atoms with Gasteiger partial charge in [0, 0.05) is 5.41 Å². The van der Waals surface area contributed by atoms with Gasteiger partial charge in [0.15, 0.2) is 5.78 Å². The first-order valence-electron chi connectivity index (χ1n) is 8.36. The zero-order chi connectivity index (χ0) is 13.6. The van der Waals surface area contributed by atoms with E-state index in [-0.39, 0.29) is 11.5 Å². The molecule has 4 rings (SSSR count). The highest BCUT2D eigenvalue weighted by atomic mass is 16.1. The monoisotopic (exact) mass is 263 g/mol. The van der Waals surface area contributed by atoms with Crippen LogP contribution in [0, 0.1) is 23.2 Å². The van der Waals surface area contributed by atoms with E-state index in [2.05, 4.69) is 25.7 Å². The Morgan fingerprint density at radius 3 is 1.84 bits per heavy atom. The molecule has 19 heavy (non-hydrogen) atoms. The molecule has 0 aromatic heterocycles. The van der Waals surface area contributed by atoms with E-state index in [4.69, 9.17) is 0 Å². The van der Waals surface area contributed by atoms with Crippen molar-refractivity contribution in [3.8, 4) is 0 Å². The van der Waals surface area contributed by atoms with Gasteiger partial charge in [-0.05, 0) is 76.3 Å². The first kappa shape index (κ1) is 13.6. The van der Waals surface area contributed by atoms with Crippen molar-refractivity contribution < 1.29 is 4.79 Å². The molecule has 0 heterocycles. The van der Waals surface area contributed by atoms with Gasteiger partial charge in [-0.2, -0.15) is 0 Å². The summed E-state index contributed by atoms with van der Waals surface area (Å²) in [5, 5.41) is 0. The van der Waals surface area contributed by atoms with Crippen LogP contribution in [0.3, 0.4) is 0 Å². The van der Waals surface area contributed by atoms with Crippen molar-refractivity contribution >= 4 is 5.78 Å². The Morgan fingerprint density at radius 2 is 1.47 bits per heavy atom. The molecule has 2 heteroatoms. The number of nitrogens with zero attached hydrogens (tertiary/aromatic N) is 1. The second-order valence-corrected chi connectivity index (χ2v) is 7.46. The molecule has 108 valence electrons. The highest BCUT2D eigenvalue weighted by Crippen LogP contribution is 2.60. The third-order valence-corrected chi connectivity index (χ3v) is 6.30. The average Bonchev–Trinajstić information content (AvgIpc) is 2.37. The molecule has 2 nitrogen and oxygen atoms in total. The first-order chi connectivity index (χ1) is 9.08. The summed E-state index contributed by atoms with van der Waals surface area (Å²) in [7, 11) is 0. The molecular weight excluding hydrogens is 234 g/mol. The molecule has 0 unspecified atom stereocenters. The van der Waals surface area contributed by atoms with Crippen molar-refractivity contribution in [1.29, 1.82) is 0 Å². The zero-order valence-electron chi connectivity index (χ0n) is 12.8. The van der Waals surface area contributed by atoms with Crippen molar-refractivity contribution in [2.45, 2.75) is 65.3 Å². The fraction of sp³-hybridized carbons (Fsp3) is 0.941. The standard InChI is InChI=1S/C17H29NO/c1-4-18(5-2)12(3)16(19)17-9-13-6-14(10-17)8-15(7-13)11-17/h12-15H,4-11H2,1-3H3/t12-,13?,14?,15?,17?/m0/s1. The Morgan fingerprint density at radius 1 is 1.05 bits per heavy atom. The van der Waals surface area contributed by atoms with Gasteiger partial charge in [-0.25, -0.2) is 0 Å². The van der Waals surface area contributed by atoms with Crippen molar-refractivity contribution in [2.24, 2.45) is 23.2 Å². The lowest BCUT2D eigenvalue weighted by molar-refractivity contribution is -0.148. The van der Waals surface area contributed by atoms with Crippen LogP contribution in [0.4, 0.5) is 0 Å². The summed E-state index contributed by atoms with van der Waals surface area (Å²) in [5.74, 6) is 3.20. The van der Waals surface area contributed by atoms with Gasteiger partial charge >= 0.3 is 0 Å². The van der Waals surface area contributed by atoms with Crippen molar-refractivity contribution in [1.82, 2.24) is 4.90 Å². The van der Waals surface area contributed by atoms with E-state index in [1.165, 1.54) is 38.5 Å². The van der Waals surface area contributed by atoms with Crippen LogP contribution < -0.4 is 0 Å². The Bertz CT molecular complexity index is 323. The molecule has 0 aliphatic heterocycles. The van der Waals surface area contributed by atoms with Gasteiger partial charge in [0.2, 0.25) is 0 Å². The highest BCUT2D eigenvalue weighted by molar-refractivity contribution is 5.89. The SMILES string of the molecule is CCN(CC)[C@@H](C)C(=O)C12CC3CC(CC(C3)C1)C2. The summed E-state index contributed by atoms with van der Waals surface area (Å²) in [6.07, 6.45) is 7.90. The molecule has 0 spiro atoms. The number of carbonyl (C=O) groups is 1. The minimum absolute atomic E-state index is 0.0801.